The van der Waals surface area contributed by atoms with Crippen LogP contribution in [0.15, 0.2) is 48.5 Å². The van der Waals surface area contributed by atoms with Crippen LogP contribution in [0.25, 0.3) is 33.1 Å². The van der Waals surface area contributed by atoms with E-state index in [2.05, 4.69) is 9.97 Å². The van der Waals surface area contributed by atoms with Gasteiger partial charge < -0.3 is 10.7 Å². The molecule has 29 heavy (non-hydrogen) atoms. The summed E-state index contributed by atoms with van der Waals surface area (Å²) < 4.78 is 40.9. The number of rotatable bonds is 5. The van der Waals surface area contributed by atoms with Gasteiger partial charge in [-0.05, 0) is 56.5 Å². The smallest absolute Gasteiger partial charge is 0.354 e. The lowest BCUT2D eigenvalue weighted by molar-refractivity contribution is -0.136. The maximum atomic E-state index is 13.6. The number of pyridine rings is 1. The minimum Gasteiger partial charge on any atom is -0.354 e. The quantitative estimate of drug-likeness (QED) is 0.406. The summed E-state index contributed by atoms with van der Waals surface area (Å²) >= 11 is 0. The van der Waals surface area contributed by atoms with Crippen LogP contribution in [0.3, 0.4) is 0 Å². The molecule has 0 amide bonds. The number of nitrogens with zero attached hydrogens (tertiary/aromatic N) is 1. The number of unbranched alkanes of at least 4 members (excludes halogenated alkanes) is 1. The number of H-pyrrole nitrogens is 1. The van der Waals surface area contributed by atoms with Gasteiger partial charge in [0.15, 0.2) is 0 Å². The Balaban J connectivity index is 2.00. The van der Waals surface area contributed by atoms with Gasteiger partial charge in [0.05, 0.1) is 22.3 Å². The maximum Gasteiger partial charge on any atom is 0.418 e. The molecule has 0 aliphatic carbocycles. The van der Waals surface area contributed by atoms with Crippen LogP contribution in [0.2, 0.25) is 0 Å². The van der Waals surface area contributed by atoms with Crippen LogP contribution >= 0.6 is 0 Å². The van der Waals surface area contributed by atoms with Gasteiger partial charge in [0.2, 0.25) is 0 Å². The van der Waals surface area contributed by atoms with Crippen LogP contribution in [0, 0.1) is 6.92 Å². The fourth-order valence-electron chi connectivity index (χ4n) is 3.92. The summed E-state index contributed by atoms with van der Waals surface area (Å²) in [7, 11) is 0. The molecule has 2 aromatic carbocycles. The summed E-state index contributed by atoms with van der Waals surface area (Å²) in [4.78, 5) is 7.68. The summed E-state index contributed by atoms with van der Waals surface area (Å²) in [5.41, 5.74) is 9.33. The van der Waals surface area contributed by atoms with Crippen molar-refractivity contribution in [1.82, 2.24) is 9.97 Å². The van der Waals surface area contributed by atoms with E-state index in [4.69, 9.17) is 5.73 Å². The maximum absolute atomic E-state index is 13.6. The number of nitrogens with one attached hydrogen (secondary N) is 1. The second kappa shape index (κ2) is 7.52. The van der Waals surface area contributed by atoms with E-state index in [9.17, 15) is 13.2 Å². The minimum absolute atomic E-state index is 0.134. The standard InChI is InChI=1S/C23H22F3N3/c1-14-11-12-15-16(8-5-10-20(15)28-14)21-17(6-2-3-13-27)18-7-4-9-19(22(18)29-21)23(24,25)26/h4-5,7-12,29H,2-3,6,13,27H2,1H3. The Kier molecular flexibility index (Phi) is 5.04. The lowest BCUT2D eigenvalue weighted by Crippen LogP contribution is -2.05. The largest absolute Gasteiger partial charge is 0.418 e. The average Bonchev–Trinajstić information content (AvgIpc) is 3.05. The second-order valence-electron chi connectivity index (χ2n) is 7.28. The molecule has 0 bridgehead atoms. The van der Waals surface area contributed by atoms with Crippen molar-refractivity contribution in [1.29, 1.82) is 0 Å². The number of aryl methyl sites for hydroxylation is 2. The molecule has 0 spiro atoms. The van der Waals surface area contributed by atoms with Gasteiger partial charge in [-0.25, -0.2) is 0 Å². The molecule has 3 N–H and O–H groups in total. The fraction of sp³-hybridized carbons (Fsp3) is 0.261. The zero-order valence-electron chi connectivity index (χ0n) is 16.1. The van der Waals surface area contributed by atoms with E-state index in [-0.39, 0.29) is 5.52 Å². The summed E-state index contributed by atoms with van der Waals surface area (Å²) in [6, 6.07) is 14.0. The number of halogens is 3. The Hall–Kier alpha value is -2.86. The third-order valence-electron chi connectivity index (χ3n) is 5.27. The Labute approximate surface area is 166 Å². The topological polar surface area (TPSA) is 54.7 Å². The van der Waals surface area contributed by atoms with Crippen molar-refractivity contribution < 1.29 is 13.2 Å². The van der Waals surface area contributed by atoms with Crippen LogP contribution < -0.4 is 5.73 Å². The molecule has 0 unspecified atom stereocenters. The summed E-state index contributed by atoms with van der Waals surface area (Å²) in [6.45, 7) is 2.48. The molecule has 6 heteroatoms. The van der Waals surface area contributed by atoms with E-state index in [0.29, 0.717) is 18.4 Å². The number of aromatic nitrogens is 2. The summed E-state index contributed by atoms with van der Waals surface area (Å²) in [5.74, 6) is 0. The van der Waals surface area contributed by atoms with Gasteiger partial charge in [0, 0.05) is 22.0 Å². The number of hydrogen-bond donors (Lipinski definition) is 2. The van der Waals surface area contributed by atoms with Crippen molar-refractivity contribution in [2.24, 2.45) is 5.73 Å². The number of nitrogens with two attached hydrogens (primary N) is 1. The highest BCUT2D eigenvalue weighted by molar-refractivity contribution is 6.00. The van der Waals surface area contributed by atoms with Gasteiger partial charge in [-0.3, -0.25) is 4.98 Å². The molecule has 0 fully saturated rings. The van der Waals surface area contributed by atoms with E-state index < -0.39 is 11.7 Å². The fourth-order valence-corrected chi connectivity index (χ4v) is 3.92. The summed E-state index contributed by atoms with van der Waals surface area (Å²) in [6.07, 6.45) is -2.13. The molecule has 0 radical (unpaired) electrons. The number of aromatic amines is 1. The monoisotopic (exact) mass is 397 g/mol. The first-order valence-electron chi connectivity index (χ1n) is 9.67. The van der Waals surface area contributed by atoms with Crippen LogP contribution in [-0.2, 0) is 12.6 Å². The highest BCUT2D eigenvalue weighted by Crippen LogP contribution is 2.40. The Morgan fingerprint density at radius 1 is 0.966 bits per heavy atom. The van der Waals surface area contributed by atoms with Crippen molar-refractivity contribution in [3.63, 3.8) is 0 Å². The SMILES string of the molecule is Cc1ccc2c(-c3[nH]c4c(C(F)(F)F)cccc4c3CCCCN)cccc2n1. The van der Waals surface area contributed by atoms with E-state index >= 15 is 0 Å². The molecule has 4 rings (SSSR count). The highest BCUT2D eigenvalue weighted by atomic mass is 19.4. The van der Waals surface area contributed by atoms with E-state index in [1.165, 1.54) is 6.07 Å². The number of alkyl halides is 3. The molecule has 0 aliphatic heterocycles. The molecule has 2 heterocycles. The van der Waals surface area contributed by atoms with Gasteiger partial charge in [0.1, 0.15) is 0 Å². The number of para-hydroxylation sites is 1. The third-order valence-corrected chi connectivity index (χ3v) is 5.27. The molecule has 0 saturated heterocycles. The molecule has 150 valence electrons. The first-order valence-corrected chi connectivity index (χ1v) is 9.67. The zero-order valence-corrected chi connectivity index (χ0v) is 16.1. The van der Waals surface area contributed by atoms with Crippen molar-refractivity contribution in [2.75, 3.05) is 6.54 Å². The van der Waals surface area contributed by atoms with Crippen molar-refractivity contribution >= 4 is 21.8 Å². The van der Waals surface area contributed by atoms with Gasteiger partial charge in [-0.15, -0.1) is 0 Å². The Morgan fingerprint density at radius 3 is 2.52 bits per heavy atom. The molecule has 2 aromatic heterocycles. The third kappa shape index (κ3) is 3.60. The predicted molar refractivity (Wildman–Crippen MR) is 111 cm³/mol. The van der Waals surface area contributed by atoms with Crippen LogP contribution in [0.1, 0.15) is 29.7 Å². The van der Waals surface area contributed by atoms with Crippen LogP contribution in [0.4, 0.5) is 13.2 Å². The van der Waals surface area contributed by atoms with E-state index in [1.807, 2.05) is 37.3 Å². The molecular formula is C23H22F3N3. The average molecular weight is 397 g/mol. The van der Waals surface area contributed by atoms with Crippen molar-refractivity contribution in [3.05, 3.63) is 65.4 Å². The highest BCUT2D eigenvalue weighted by Gasteiger charge is 2.34. The molecule has 0 saturated carbocycles. The lowest BCUT2D eigenvalue weighted by Gasteiger charge is -2.09. The normalized spacial score (nSPS) is 12.2. The van der Waals surface area contributed by atoms with E-state index in [0.717, 1.165) is 52.3 Å². The summed E-state index contributed by atoms with van der Waals surface area (Å²) in [5, 5.41) is 1.53. The second-order valence-corrected chi connectivity index (χ2v) is 7.28. The van der Waals surface area contributed by atoms with Gasteiger partial charge >= 0.3 is 6.18 Å². The van der Waals surface area contributed by atoms with Crippen LogP contribution in [-0.4, -0.2) is 16.5 Å². The molecule has 3 nitrogen and oxygen atoms in total. The molecule has 4 aromatic rings. The lowest BCUT2D eigenvalue weighted by atomic mass is 9.97. The molecular weight excluding hydrogens is 375 g/mol. The molecule has 0 aliphatic rings. The number of fused-ring (bicyclic) bond motifs is 2. The zero-order chi connectivity index (χ0) is 20.6. The Morgan fingerprint density at radius 2 is 1.76 bits per heavy atom. The van der Waals surface area contributed by atoms with Gasteiger partial charge in [-0.1, -0.05) is 30.3 Å². The number of hydrogen-bond acceptors (Lipinski definition) is 2. The van der Waals surface area contributed by atoms with Crippen molar-refractivity contribution in [3.8, 4) is 11.3 Å². The van der Waals surface area contributed by atoms with Gasteiger partial charge in [-0.2, -0.15) is 13.2 Å². The first kappa shape index (κ1) is 19.5. The van der Waals surface area contributed by atoms with Crippen LogP contribution in [0.5, 0.6) is 0 Å². The first-order chi connectivity index (χ1) is 13.9. The number of benzene rings is 2. The Bertz CT molecular complexity index is 1180. The molecule has 0 atom stereocenters. The van der Waals surface area contributed by atoms with Crippen molar-refractivity contribution in [2.45, 2.75) is 32.4 Å². The van der Waals surface area contributed by atoms with Gasteiger partial charge in [0.25, 0.3) is 0 Å². The minimum atomic E-state index is -4.42. The van der Waals surface area contributed by atoms with E-state index in [1.54, 1.807) is 6.07 Å². The predicted octanol–water partition coefficient (Wildman–Crippen LogP) is 5.99.